The molecule has 0 unspecified atom stereocenters. The van der Waals surface area contributed by atoms with Gasteiger partial charge in [-0.25, -0.2) is 8.42 Å². The van der Waals surface area contributed by atoms with Crippen molar-refractivity contribution < 1.29 is 30.7 Å². The van der Waals surface area contributed by atoms with Gasteiger partial charge in [0, 0.05) is 0 Å². The average Bonchev–Trinajstić information content (AvgIpc) is 2.88. The molecule has 0 aromatic heterocycles. The van der Waals surface area contributed by atoms with Crippen LogP contribution in [0.4, 0.5) is 13.2 Å². The van der Waals surface area contributed by atoms with Crippen molar-refractivity contribution in [2.75, 3.05) is 26.2 Å². The molecule has 0 atom stereocenters. The van der Waals surface area contributed by atoms with Gasteiger partial charge in [0.1, 0.15) is 0 Å². The van der Waals surface area contributed by atoms with E-state index in [0.29, 0.717) is 0 Å². The lowest BCUT2D eigenvalue weighted by molar-refractivity contribution is -0.569. The molecule has 0 amide bonds. The van der Waals surface area contributed by atoms with Crippen LogP contribution in [-0.2, 0) is 23.2 Å². The minimum absolute atomic E-state index is 0.927. The van der Waals surface area contributed by atoms with Crippen molar-refractivity contribution in [1.29, 1.82) is 0 Å². The summed E-state index contributed by atoms with van der Waals surface area (Å²) in [6, 6.07) is 21.8. The molecule has 0 fully saturated rings. The Morgan fingerprint density at radius 1 is 0.763 bits per heavy atom. The zero-order chi connectivity index (χ0) is 28.6. The van der Waals surface area contributed by atoms with Crippen molar-refractivity contribution in [2.45, 2.75) is 72.0 Å². The maximum absolute atomic E-state index is 10.7. The summed E-state index contributed by atoms with van der Waals surface area (Å²) in [6.07, 6.45) is 4.93. The monoisotopic (exact) mass is 557 g/mol. The van der Waals surface area contributed by atoms with Crippen molar-refractivity contribution in [3.8, 4) is 0 Å². The number of benzene rings is 2. The highest BCUT2D eigenvalue weighted by molar-refractivity contribution is 7.86. The first-order valence-corrected chi connectivity index (χ1v) is 14.6. The number of hydrogen-bond donors (Lipinski definition) is 0. The summed E-state index contributed by atoms with van der Waals surface area (Å²) in [5.41, 5.74) is -2.92. The number of rotatable bonds is 12. The number of alkyl halides is 3. The van der Waals surface area contributed by atoms with Gasteiger partial charge in [-0.05, 0) is 37.8 Å². The van der Waals surface area contributed by atoms with Gasteiger partial charge in [0.15, 0.2) is 10.1 Å². The van der Waals surface area contributed by atoms with E-state index in [1.54, 1.807) is 0 Å². The maximum Gasteiger partial charge on any atom is 0.485 e. The second-order valence-electron chi connectivity index (χ2n) is 8.89. The van der Waals surface area contributed by atoms with E-state index in [0.717, 1.165) is 39.3 Å². The quantitative estimate of drug-likeness (QED) is 0.105. The third-order valence-corrected chi connectivity index (χ3v) is 6.46. The maximum atomic E-state index is 10.7. The van der Waals surface area contributed by atoms with Gasteiger partial charge in [0.2, 0.25) is 0 Å². The summed E-state index contributed by atoms with van der Waals surface area (Å²) in [5, 5.41) is 0. The molecule has 0 heterocycles. The van der Waals surface area contributed by atoms with E-state index < -0.39 is 15.6 Å². The lowest BCUT2D eigenvalue weighted by atomic mass is 10.2. The Labute approximate surface area is 226 Å². The van der Waals surface area contributed by atoms with E-state index >= 15 is 0 Å². The van der Waals surface area contributed by atoms with Crippen LogP contribution in [0.3, 0.4) is 0 Å². The summed E-state index contributed by atoms with van der Waals surface area (Å²) < 4.78 is 61.5. The third kappa shape index (κ3) is 11.9. The van der Waals surface area contributed by atoms with Crippen molar-refractivity contribution in [3.63, 3.8) is 0 Å². The summed E-state index contributed by atoms with van der Waals surface area (Å²) in [7, 11) is -6.09. The van der Waals surface area contributed by atoms with Gasteiger partial charge in [-0.2, -0.15) is 13.2 Å². The van der Waals surface area contributed by atoms with Crippen LogP contribution < -0.4 is 0 Å². The van der Waals surface area contributed by atoms with Gasteiger partial charge >= 0.3 is 11.5 Å². The van der Waals surface area contributed by atoms with Gasteiger partial charge in [-0.1, -0.05) is 87.4 Å². The van der Waals surface area contributed by atoms with Gasteiger partial charge in [-0.15, -0.1) is 0 Å². The van der Waals surface area contributed by atoms with Crippen molar-refractivity contribution >= 4 is 16.1 Å². The molecule has 10 heteroatoms. The fourth-order valence-corrected chi connectivity index (χ4v) is 3.92. The highest BCUT2D eigenvalue weighted by atomic mass is 32.2. The first-order valence-electron chi connectivity index (χ1n) is 13.2. The summed E-state index contributed by atoms with van der Waals surface area (Å²) >= 11 is 0. The Bertz CT molecular complexity index is 992. The molecule has 0 aliphatic heterocycles. The van der Waals surface area contributed by atoms with E-state index in [1.165, 1.54) is 42.8 Å². The predicted octanol–water partition coefficient (Wildman–Crippen LogP) is 6.05. The normalized spacial score (nSPS) is 11.4. The molecule has 214 valence electrons. The molecular formula is C28H42F3N3O3S. The Balaban J connectivity index is 0.000000781. The van der Waals surface area contributed by atoms with Gasteiger partial charge in [0.05, 0.1) is 39.3 Å². The smallest absolute Gasteiger partial charge is 0.485 e. The molecule has 0 aliphatic rings. The Hall–Kier alpha value is -2.59. The molecule has 2 rings (SSSR count). The summed E-state index contributed by atoms with van der Waals surface area (Å²) in [6.45, 7) is 15.3. The van der Waals surface area contributed by atoms with E-state index in [2.05, 4.69) is 103 Å². The first kappa shape index (κ1) is 33.4. The molecule has 0 bridgehead atoms. The van der Waals surface area contributed by atoms with Gasteiger partial charge < -0.3 is 4.55 Å². The van der Waals surface area contributed by atoms with Crippen LogP contribution in [-0.4, -0.2) is 65.0 Å². The van der Waals surface area contributed by atoms with E-state index in [9.17, 15) is 13.2 Å². The van der Waals surface area contributed by atoms with Gasteiger partial charge in [0.25, 0.3) is 0 Å². The number of guanidine groups is 1. The van der Waals surface area contributed by atoms with Crippen LogP contribution in [0.2, 0.25) is 0 Å². The molecule has 38 heavy (non-hydrogen) atoms. The largest absolute Gasteiger partial charge is 0.741 e. The molecule has 0 N–H and O–H groups in total. The molecule has 2 aromatic rings. The van der Waals surface area contributed by atoms with Crippen LogP contribution >= 0.6 is 0 Å². The molecule has 0 spiro atoms. The average molecular weight is 558 g/mol. The molecule has 0 aliphatic carbocycles. The lowest BCUT2D eigenvalue weighted by Crippen LogP contribution is -2.50. The van der Waals surface area contributed by atoms with Crippen molar-refractivity contribution in [2.24, 2.45) is 0 Å². The number of unbranched alkanes of at least 4 members (excludes halogenated alkanes) is 2. The third-order valence-electron chi connectivity index (χ3n) is 5.89. The van der Waals surface area contributed by atoms with Crippen LogP contribution in [0.15, 0.2) is 60.7 Å². The van der Waals surface area contributed by atoms with E-state index in [4.69, 9.17) is 13.0 Å². The van der Waals surface area contributed by atoms with Crippen LogP contribution in [0.1, 0.15) is 64.5 Å². The molecule has 2 aromatic carbocycles. The standard InChI is InChI=1S/C27H42N3.CHF3O3S/c1-5-9-21-29(22-10-6-2)27(28(7-3)8-4)30(23-25-17-13-11-14-18-25)24-26-19-15-12-16-20-26;2-1(3,4)8(5,6)7/h11-20H,5-10,21-24H2,1-4H3;(H,5,6,7)/q+1;/p-1. The molecule has 0 radical (unpaired) electrons. The highest BCUT2D eigenvalue weighted by Crippen LogP contribution is 2.20. The highest BCUT2D eigenvalue weighted by Gasteiger charge is 2.37. The second-order valence-corrected chi connectivity index (χ2v) is 10.3. The second kappa shape index (κ2) is 17.1. The molecule has 0 saturated carbocycles. The summed E-state index contributed by atoms with van der Waals surface area (Å²) in [5.74, 6) is 1.40. The topological polar surface area (TPSA) is 66.7 Å². The van der Waals surface area contributed by atoms with Crippen LogP contribution in [0, 0.1) is 0 Å². The Kier molecular flexibility index (Phi) is 15.0. The lowest BCUT2D eigenvalue weighted by Gasteiger charge is -2.30. The Morgan fingerprint density at radius 3 is 1.42 bits per heavy atom. The molecule has 0 saturated heterocycles. The summed E-state index contributed by atoms with van der Waals surface area (Å²) in [4.78, 5) is 5.21. The van der Waals surface area contributed by atoms with Gasteiger partial charge in [-0.3, -0.25) is 14.4 Å². The number of hydrogen-bond acceptors (Lipinski definition) is 3. The fraction of sp³-hybridized carbons (Fsp3) is 0.536. The van der Waals surface area contributed by atoms with Crippen molar-refractivity contribution in [3.05, 3.63) is 71.8 Å². The zero-order valence-corrected chi connectivity index (χ0v) is 23.8. The van der Waals surface area contributed by atoms with Crippen LogP contribution in [0.5, 0.6) is 0 Å². The minimum atomic E-state index is -6.09. The van der Waals surface area contributed by atoms with Crippen LogP contribution in [0.25, 0.3) is 0 Å². The molecule has 6 nitrogen and oxygen atoms in total. The predicted molar refractivity (Wildman–Crippen MR) is 146 cm³/mol. The number of nitrogens with zero attached hydrogens (tertiary/aromatic N) is 3. The Morgan fingerprint density at radius 2 is 1.13 bits per heavy atom. The first-order chi connectivity index (χ1) is 18.0. The minimum Gasteiger partial charge on any atom is -0.741 e. The zero-order valence-electron chi connectivity index (χ0n) is 23.0. The SMILES string of the molecule is CCCCN(CCCC)C(N(CC)CC)=[N+](Cc1ccccc1)Cc1ccccc1.O=S(=O)([O-])C(F)(F)F. The number of halogens is 3. The molecular weight excluding hydrogens is 515 g/mol. The van der Waals surface area contributed by atoms with E-state index in [-0.39, 0.29) is 0 Å². The van der Waals surface area contributed by atoms with Crippen molar-refractivity contribution in [1.82, 2.24) is 9.80 Å². The fourth-order valence-electron chi connectivity index (χ4n) is 3.92. The van der Waals surface area contributed by atoms with E-state index in [1.807, 2.05) is 0 Å².